The summed E-state index contributed by atoms with van der Waals surface area (Å²) in [4.78, 5) is 18.9. The molecule has 1 aliphatic rings. The summed E-state index contributed by atoms with van der Waals surface area (Å²) in [6, 6.07) is 9.87. The number of hydrogen-bond acceptors (Lipinski definition) is 4. The fraction of sp³-hybridized carbons (Fsp3) is 0.500. The molecule has 1 saturated heterocycles. The molecule has 0 aromatic heterocycles. The van der Waals surface area contributed by atoms with Crippen LogP contribution in [-0.2, 0) is 16.2 Å². The van der Waals surface area contributed by atoms with Crippen molar-refractivity contribution in [2.24, 2.45) is 5.16 Å². The molecular formula is C16H22N2O3. The molecule has 1 aromatic rings. The molecule has 1 amide bonds. The zero-order valence-electron chi connectivity index (χ0n) is 12.8. The van der Waals surface area contributed by atoms with Crippen LogP contribution in [0.1, 0.15) is 32.8 Å². The molecule has 2 rings (SSSR count). The highest BCUT2D eigenvalue weighted by molar-refractivity contribution is 5.91. The molecule has 114 valence electrons. The van der Waals surface area contributed by atoms with Gasteiger partial charge in [0.25, 0.3) is 0 Å². The Hall–Kier alpha value is -2.04. The van der Waals surface area contributed by atoms with E-state index in [0.29, 0.717) is 19.7 Å². The topological polar surface area (TPSA) is 51.1 Å². The van der Waals surface area contributed by atoms with Crippen LogP contribution in [0.2, 0.25) is 0 Å². The molecule has 1 aromatic carbocycles. The largest absolute Gasteiger partial charge is 0.444 e. The fourth-order valence-corrected chi connectivity index (χ4v) is 1.97. The lowest BCUT2D eigenvalue weighted by Gasteiger charge is -2.23. The molecule has 0 spiro atoms. The standard InChI is InChI=1S/C16H22N2O3/c1-16(2,3)21-15(19)18-10-9-14(11-18)17-20-12-13-7-5-4-6-8-13/h4-8H,9-12H2,1-3H3. The number of carbonyl (C=O) groups is 1. The third-order valence-corrected chi connectivity index (χ3v) is 2.96. The highest BCUT2D eigenvalue weighted by Crippen LogP contribution is 2.14. The van der Waals surface area contributed by atoms with Crippen molar-refractivity contribution in [3.63, 3.8) is 0 Å². The van der Waals surface area contributed by atoms with Gasteiger partial charge in [0.05, 0.1) is 12.3 Å². The fourth-order valence-electron chi connectivity index (χ4n) is 1.97. The van der Waals surface area contributed by atoms with Gasteiger partial charge < -0.3 is 14.5 Å². The van der Waals surface area contributed by atoms with E-state index in [0.717, 1.165) is 17.7 Å². The number of amides is 1. The van der Waals surface area contributed by atoms with Gasteiger partial charge in [-0.1, -0.05) is 35.5 Å². The van der Waals surface area contributed by atoms with Crippen molar-refractivity contribution in [2.75, 3.05) is 13.1 Å². The maximum atomic E-state index is 11.9. The Morgan fingerprint density at radius 3 is 2.67 bits per heavy atom. The van der Waals surface area contributed by atoms with Crippen molar-refractivity contribution < 1.29 is 14.4 Å². The third kappa shape index (κ3) is 5.10. The van der Waals surface area contributed by atoms with Crippen LogP contribution in [0.15, 0.2) is 35.5 Å². The van der Waals surface area contributed by atoms with E-state index in [9.17, 15) is 4.79 Å². The Labute approximate surface area is 125 Å². The van der Waals surface area contributed by atoms with Crippen LogP contribution in [0, 0.1) is 0 Å². The first kappa shape index (κ1) is 15.4. The van der Waals surface area contributed by atoms with Gasteiger partial charge in [-0.2, -0.15) is 0 Å². The normalized spacial score (nSPS) is 17.1. The number of oxime groups is 1. The molecule has 0 unspecified atom stereocenters. The van der Waals surface area contributed by atoms with Gasteiger partial charge in [0.2, 0.25) is 0 Å². The van der Waals surface area contributed by atoms with Crippen molar-refractivity contribution in [1.82, 2.24) is 4.90 Å². The van der Waals surface area contributed by atoms with Crippen LogP contribution in [-0.4, -0.2) is 35.4 Å². The molecule has 21 heavy (non-hydrogen) atoms. The van der Waals surface area contributed by atoms with Crippen molar-refractivity contribution in [3.05, 3.63) is 35.9 Å². The van der Waals surface area contributed by atoms with Gasteiger partial charge >= 0.3 is 6.09 Å². The van der Waals surface area contributed by atoms with E-state index in [1.54, 1.807) is 4.90 Å². The Bertz CT molecular complexity index is 506. The van der Waals surface area contributed by atoms with Crippen molar-refractivity contribution >= 4 is 11.8 Å². The molecule has 0 saturated carbocycles. The quantitative estimate of drug-likeness (QED) is 0.803. The number of nitrogens with zero attached hydrogens (tertiary/aromatic N) is 2. The summed E-state index contributed by atoms with van der Waals surface area (Å²) >= 11 is 0. The number of hydrogen-bond donors (Lipinski definition) is 0. The van der Waals surface area contributed by atoms with Gasteiger partial charge in [-0.15, -0.1) is 0 Å². The summed E-state index contributed by atoms with van der Waals surface area (Å²) in [6.45, 7) is 7.12. The molecule has 0 bridgehead atoms. The van der Waals surface area contributed by atoms with Crippen molar-refractivity contribution in [2.45, 2.75) is 39.4 Å². The minimum absolute atomic E-state index is 0.296. The molecule has 0 radical (unpaired) electrons. The molecule has 0 aliphatic carbocycles. The van der Waals surface area contributed by atoms with E-state index in [1.807, 2.05) is 51.1 Å². The molecule has 5 heteroatoms. The zero-order valence-corrected chi connectivity index (χ0v) is 12.8. The monoisotopic (exact) mass is 290 g/mol. The summed E-state index contributed by atoms with van der Waals surface area (Å²) < 4.78 is 5.33. The zero-order chi connectivity index (χ0) is 15.3. The highest BCUT2D eigenvalue weighted by atomic mass is 16.6. The number of rotatable bonds is 3. The molecule has 1 aliphatic heterocycles. The number of carbonyl (C=O) groups excluding carboxylic acids is 1. The van der Waals surface area contributed by atoms with Crippen LogP contribution in [0.4, 0.5) is 4.79 Å². The Morgan fingerprint density at radius 2 is 2.00 bits per heavy atom. The predicted octanol–water partition coefficient (Wildman–Crippen LogP) is 3.20. The lowest BCUT2D eigenvalue weighted by Crippen LogP contribution is -2.35. The van der Waals surface area contributed by atoms with Crippen LogP contribution in [0.5, 0.6) is 0 Å². The second kappa shape index (κ2) is 6.61. The van der Waals surface area contributed by atoms with Gasteiger partial charge in [0.1, 0.15) is 12.2 Å². The summed E-state index contributed by atoms with van der Waals surface area (Å²) in [5.41, 5.74) is 1.47. The number of ether oxygens (including phenoxy) is 1. The van der Waals surface area contributed by atoms with Crippen LogP contribution < -0.4 is 0 Å². The van der Waals surface area contributed by atoms with E-state index < -0.39 is 5.60 Å². The molecular weight excluding hydrogens is 268 g/mol. The summed E-state index contributed by atoms with van der Waals surface area (Å²) in [7, 11) is 0. The Kier molecular flexibility index (Phi) is 4.83. The Morgan fingerprint density at radius 1 is 1.29 bits per heavy atom. The van der Waals surface area contributed by atoms with Gasteiger partial charge in [0.15, 0.2) is 0 Å². The van der Waals surface area contributed by atoms with E-state index in [-0.39, 0.29) is 6.09 Å². The van der Waals surface area contributed by atoms with Crippen LogP contribution in [0.3, 0.4) is 0 Å². The lowest BCUT2D eigenvalue weighted by molar-refractivity contribution is 0.0302. The minimum Gasteiger partial charge on any atom is -0.444 e. The van der Waals surface area contributed by atoms with E-state index >= 15 is 0 Å². The lowest BCUT2D eigenvalue weighted by atomic mass is 10.2. The van der Waals surface area contributed by atoms with E-state index in [4.69, 9.17) is 9.57 Å². The highest BCUT2D eigenvalue weighted by Gasteiger charge is 2.27. The SMILES string of the molecule is CC(C)(C)OC(=O)N1CCC(=NOCc2ccccc2)C1. The maximum Gasteiger partial charge on any atom is 0.410 e. The van der Waals surface area contributed by atoms with E-state index in [1.165, 1.54) is 0 Å². The van der Waals surface area contributed by atoms with Crippen molar-refractivity contribution in [1.29, 1.82) is 0 Å². The second-order valence-corrected chi connectivity index (χ2v) is 6.07. The molecule has 5 nitrogen and oxygen atoms in total. The van der Waals surface area contributed by atoms with Crippen LogP contribution >= 0.6 is 0 Å². The first-order chi connectivity index (χ1) is 9.94. The van der Waals surface area contributed by atoms with Gasteiger partial charge in [0, 0.05) is 13.0 Å². The molecule has 0 atom stereocenters. The molecule has 0 N–H and O–H groups in total. The number of likely N-dealkylation sites (tertiary alicyclic amines) is 1. The third-order valence-electron chi connectivity index (χ3n) is 2.96. The van der Waals surface area contributed by atoms with Crippen molar-refractivity contribution in [3.8, 4) is 0 Å². The first-order valence-electron chi connectivity index (χ1n) is 7.13. The van der Waals surface area contributed by atoms with Crippen LogP contribution in [0.25, 0.3) is 0 Å². The van der Waals surface area contributed by atoms with Gasteiger partial charge in [-0.25, -0.2) is 4.79 Å². The minimum atomic E-state index is -0.471. The Balaban J connectivity index is 1.79. The first-order valence-corrected chi connectivity index (χ1v) is 7.13. The smallest absolute Gasteiger partial charge is 0.410 e. The van der Waals surface area contributed by atoms with Gasteiger partial charge in [-0.05, 0) is 26.3 Å². The second-order valence-electron chi connectivity index (χ2n) is 6.07. The molecule has 1 fully saturated rings. The van der Waals surface area contributed by atoms with Gasteiger partial charge in [-0.3, -0.25) is 0 Å². The summed E-state index contributed by atoms with van der Waals surface area (Å²) in [6.07, 6.45) is 0.435. The molecule has 1 heterocycles. The number of benzene rings is 1. The average Bonchev–Trinajstić information content (AvgIpc) is 2.87. The maximum absolute atomic E-state index is 11.9. The van der Waals surface area contributed by atoms with E-state index in [2.05, 4.69) is 5.16 Å². The summed E-state index contributed by atoms with van der Waals surface area (Å²) in [5, 5.41) is 4.11. The average molecular weight is 290 g/mol. The summed E-state index contributed by atoms with van der Waals surface area (Å²) in [5.74, 6) is 0. The predicted molar refractivity (Wildman–Crippen MR) is 81.1 cm³/mol.